The second-order valence-corrected chi connectivity index (χ2v) is 13.9. The number of amides is 2. The molecule has 3 N–H and O–H groups in total. The molecule has 47 heavy (non-hydrogen) atoms. The lowest BCUT2D eigenvalue weighted by atomic mass is 9.93. The number of rotatable bonds is 10. The summed E-state index contributed by atoms with van der Waals surface area (Å²) < 4.78 is 7.39. The molecule has 6 rings (SSSR count). The Balaban J connectivity index is 0.00000139. The van der Waals surface area contributed by atoms with Crippen LogP contribution in [0, 0.1) is 22.7 Å². The number of anilines is 1. The molecule has 2 aliphatic rings. The molecule has 12 nitrogen and oxygen atoms in total. The number of oxazole rings is 1. The number of carbonyl (C=O) groups excluding carboxylic acids is 2. The number of likely N-dealkylation sites (tertiary alicyclic amines) is 1. The van der Waals surface area contributed by atoms with Gasteiger partial charge in [0, 0.05) is 19.6 Å². The van der Waals surface area contributed by atoms with Gasteiger partial charge in [0.2, 0.25) is 5.95 Å². The van der Waals surface area contributed by atoms with Crippen molar-refractivity contribution in [3.63, 3.8) is 0 Å². The van der Waals surface area contributed by atoms with Crippen LogP contribution < -0.4 is 10.6 Å². The summed E-state index contributed by atoms with van der Waals surface area (Å²) in [4.78, 5) is 47.3. The summed E-state index contributed by atoms with van der Waals surface area (Å²) in [6, 6.07) is 11.8. The Labute approximate surface area is 277 Å². The average Bonchev–Trinajstić information content (AvgIpc) is 3.48. The molecule has 1 atom stereocenters. The van der Waals surface area contributed by atoms with Crippen molar-refractivity contribution >= 4 is 46.6 Å². The van der Waals surface area contributed by atoms with Crippen LogP contribution in [0.15, 0.2) is 59.0 Å². The summed E-state index contributed by atoms with van der Waals surface area (Å²) in [7, 11) is 0. The van der Waals surface area contributed by atoms with Crippen molar-refractivity contribution in [3.05, 3.63) is 65.0 Å². The van der Waals surface area contributed by atoms with Crippen LogP contribution in [0.4, 0.5) is 5.95 Å². The molecule has 2 fully saturated rings. The lowest BCUT2D eigenvalue weighted by molar-refractivity contribution is -0.127. The van der Waals surface area contributed by atoms with E-state index in [9.17, 15) is 14.9 Å². The normalized spacial score (nSPS) is 16.4. The molecule has 1 aromatic carbocycles. The zero-order chi connectivity index (χ0) is 33.6. The van der Waals surface area contributed by atoms with Crippen molar-refractivity contribution in [2.75, 3.05) is 18.4 Å². The van der Waals surface area contributed by atoms with Crippen molar-refractivity contribution in [1.29, 1.82) is 5.26 Å². The van der Waals surface area contributed by atoms with Gasteiger partial charge in [-0.05, 0) is 73.4 Å². The number of hydrogen-bond acceptors (Lipinski definition) is 9. The van der Waals surface area contributed by atoms with E-state index in [0.717, 1.165) is 53.3 Å². The van der Waals surface area contributed by atoms with E-state index in [1.807, 2.05) is 37.5 Å². The molecule has 0 radical (unpaired) electrons. The van der Waals surface area contributed by atoms with Gasteiger partial charge in [-0.2, -0.15) is 5.26 Å². The molecule has 13 heteroatoms. The maximum absolute atomic E-state index is 13.5. The topological polar surface area (TPSA) is 166 Å². The minimum Gasteiger partial charge on any atom is -0.483 e. The van der Waals surface area contributed by atoms with E-state index in [2.05, 4.69) is 33.8 Å². The van der Waals surface area contributed by atoms with Gasteiger partial charge in [0.05, 0.1) is 33.0 Å². The summed E-state index contributed by atoms with van der Waals surface area (Å²) in [6.07, 6.45) is 8.96. The van der Waals surface area contributed by atoms with Gasteiger partial charge in [0.25, 0.3) is 18.3 Å². The first-order valence-corrected chi connectivity index (χ1v) is 16.4. The number of thiophene rings is 1. The fourth-order valence-electron chi connectivity index (χ4n) is 5.63. The summed E-state index contributed by atoms with van der Waals surface area (Å²) in [5, 5.41) is 23.3. The predicted molar refractivity (Wildman–Crippen MR) is 179 cm³/mol. The van der Waals surface area contributed by atoms with Crippen molar-refractivity contribution in [1.82, 2.24) is 24.8 Å². The number of aromatic nitrogens is 3. The van der Waals surface area contributed by atoms with Crippen LogP contribution in [-0.4, -0.2) is 62.0 Å². The highest BCUT2D eigenvalue weighted by molar-refractivity contribution is 7.17. The van der Waals surface area contributed by atoms with E-state index in [1.54, 1.807) is 23.2 Å². The van der Waals surface area contributed by atoms with Crippen molar-refractivity contribution < 1.29 is 23.9 Å². The maximum Gasteiger partial charge on any atom is 0.290 e. The van der Waals surface area contributed by atoms with E-state index >= 15 is 0 Å². The van der Waals surface area contributed by atoms with Crippen molar-refractivity contribution in [2.24, 2.45) is 11.3 Å². The molecular formula is C34H39N7O5S. The Morgan fingerprint density at radius 1 is 1.21 bits per heavy atom. The minimum atomic E-state index is -0.297. The van der Waals surface area contributed by atoms with Gasteiger partial charge in [-0.15, -0.1) is 11.3 Å². The third-order valence-corrected chi connectivity index (χ3v) is 9.06. The van der Waals surface area contributed by atoms with Crippen LogP contribution in [0.3, 0.4) is 0 Å². The minimum absolute atomic E-state index is 0.146. The quantitative estimate of drug-likeness (QED) is 0.110. The molecule has 0 spiro atoms. The van der Waals surface area contributed by atoms with E-state index in [1.165, 1.54) is 30.6 Å². The number of carbonyl (C=O) groups is 3. The molecule has 1 aliphatic carbocycles. The lowest BCUT2D eigenvalue weighted by Gasteiger charge is -2.26. The van der Waals surface area contributed by atoms with Gasteiger partial charge in [-0.25, -0.2) is 9.97 Å². The maximum atomic E-state index is 13.5. The van der Waals surface area contributed by atoms with Gasteiger partial charge < -0.3 is 24.3 Å². The largest absolute Gasteiger partial charge is 0.483 e. The highest BCUT2D eigenvalue weighted by Crippen LogP contribution is 2.31. The van der Waals surface area contributed by atoms with E-state index in [0.29, 0.717) is 29.7 Å². The SMILES string of the molecule is CC(C)(C)C=C(C#N)C(=O)N1CCCC1Cn1c(NC(=O)c2ccc(-c3cnco3)s2)nc2cc(CNCC3CC3)ccc21.O=CO. The molecule has 4 aromatic rings. The first kappa shape index (κ1) is 33.6. The first-order valence-electron chi connectivity index (χ1n) is 15.6. The first-order chi connectivity index (χ1) is 22.6. The summed E-state index contributed by atoms with van der Waals surface area (Å²) in [5.74, 6) is 1.30. The van der Waals surface area contributed by atoms with Gasteiger partial charge in [0.1, 0.15) is 11.6 Å². The second-order valence-electron chi connectivity index (χ2n) is 12.9. The number of nitriles is 1. The van der Waals surface area contributed by atoms with Crippen molar-refractivity contribution in [3.8, 4) is 16.7 Å². The third-order valence-electron chi connectivity index (χ3n) is 7.96. The predicted octanol–water partition coefficient (Wildman–Crippen LogP) is 5.69. The van der Waals surface area contributed by atoms with Gasteiger partial charge in [0.15, 0.2) is 12.2 Å². The number of imidazole rings is 1. The van der Waals surface area contributed by atoms with Crippen LogP contribution in [-0.2, 0) is 22.7 Å². The number of fused-ring (bicyclic) bond motifs is 1. The van der Waals surface area contributed by atoms with Gasteiger partial charge in [-0.3, -0.25) is 19.7 Å². The Morgan fingerprint density at radius 2 is 2.00 bits per heavy atom. The molecular weight excluding hydrogens is 618 g/mol. The summed E-state index contributed by atoms with van der Waals surface area (Å²) in [6.45, 7) is 8.47. The Morgan fingerprint density at radius 3 is 2.68 bits per heavy atom. The molecule has 1 saturated carbocycles. The third kappa shape index (κ3) is 8.52. The monoisotopic (exact) mass is 657 g/mol. The molecule has 4 heterocycles. The smallest absolute Gasteiger partial charge is 0.290 e. The molecule has 1 unspecified atom stereocenters. The highest BCUT2D eigenvalue weighted by atomic mass is 32.1. The fourth-order valence-corrected chi connectivity index (χ4v) is 6.49. The number of allylic oxidation sites excluding steroid dienone is 1. The number of nitrogens with zero attached hydrogens (tertiary/aromatic N) is 5. The molecule has 1 aliphatic heterocycles. The molecule has 246 valence electrons. The lowest BCUT2D eigenvalue weighted by Crippen LogP contribution is -2.39. The highest BCUT2D eigenvalue weighted by Gasteiger charge is 2.33. The van der Waals surface area contributed by atoms with E-state index in [-0.39, 0.29) is 35.3 Å². The van der Waals surface area contributed by atoms with E-state index in [4.69, 9.17) is 19.3 Å². The zero-order valence-corrected chi connectivity index (χ0v) is 27.5. The Bertz CT molecular complexity index is 1790. The molecule has 2 amide bonds. The van der Waals surface area contributed by atoms with Crippen LogP contribution in [0.25, 0.3) is 21.7 Å². The van der Waals surface area contributed by atoms with Crippen molar-refractivity contribution in [2.45, 2.75) is 65.6 Å². The number of hydrogen-bond donors (Lipinski definition) is 3. The zero-order valence-electron chi connectivity index (χ0n) is 26.7. The molecule has 1 saturated heterocycles. The number of carboxylic acid groups (broad SMARTS) is 1. The summed E-state index contributed by atoms with van der Waals surface area (Å²) in [5.41, 5.74) is 2.65. The average molecular weight is 658 g/mol. The molecule has 3 aromatic heterocycles. The van der Waals surface area contributed by atoms with Gasteiger partial charge in [-0.1, -0.05) is 32.9 Å². The van der Waals surface area contributed by atoms with Gasteiger partial charge >= 0.3 is 0 Å². The fraction of sp³-hybridized carbons (Fsp3) is 0.412. The van der Waals surface area contributed by atoms with Crippen LogP contribution in [0.5, 0.6) is 0 Å². The Hall–Kier alpha value is -4.80. The number of nitrogens with one attached hydrogen (secondary N) is 2. The summed E-state index contributed by atoms with van der Waals surface area (Å²) >= 11 is 1.32. The Kier molecular flexibility index (Phi) is 10.5. The molecule has 0 bridgehead atoms. The van der Waals surface area contributed by atoms with Crippen LogP contribution >= 0.6 is 11.3 Å². The second kappa shape index (κ2) is 14.7. The van der Waals surface area contributed by atoms with E-state index < -0.39 is 0 Å². The standard InChI is InChI=1S/C33H37N7O3S.CH2O2/c1-33(2,3)14-23(15-34)31(42)39-12-4-5-24(39)19-40-26-9-8-22(17-35-16-21-6-7-21)13-25(26)37-32(40)38-30(41)29-11-10-28(44-29)27-18-36-20-43-27;2-1-3/h8-11,13-14,18,20-21,24,35H,4-7,12,16-17,19H2,1-3H3,(H,37,38,41);1H,(H,2,3). The number of benzene rings is 1. The van der Waals surface area contributed by atoms with Crippen LogP contribution in [0.1, 0.15) is 61.7 Å². The van der Waals surface area contributed by atoms with Crippen LogP contribution in [0.2, 0.25) is 0 Å².